The smallest absolute Gasteiger partial charge is 0.326 e. The van der Waals surface area contributed by atoms with Crippen LogP contribution in [0.5, 0.6) is 0 Å². The molecule has 2 aliphatic heterocycles. The fourth-order valence-corrected chi connectivity index (χ4v) is 3.75. The third kappa shape index (κ3) is 6.82. The van der Waals surface area contributed by atoms with Crippen molar-refractivity contribution >= 4 is 23.7 Å². The van der Waals surface area contributed by atoms with E-state index in [0.29, 0.717) is 23.4 Å². The van der Waals surface area contributed by atoms with E-state index in [0.717, 1.165) is 0 Å². The second-order valence-corrected chi connectivity index (χ2v) is 8.24. The molecule has 0 fully saturated rings. The van der Waals surface area contributed by atoms with Crippen molar-refractivity contribution in [2.45, 2.75) is 25.8 Å². The number of aliphatic carboxylic acids is 1. The molecule has 2 aliphatic rings. The molecule has 1 atom stereocenters. The zero-order valence-corrected chi connectivity index (χ0v) is 20.0. The standard InChI is InChI=1S/C27H29N4O5/c1-19-10-5-6-12-22(19)26(34)30-16-8-11-21(18-30)25(33)29-23(27(35)36)13-9-17-31(20(2)32)24-14-4-3-7-15-28-24/h3-8,10-12,14-16,23,28H,1,9,13,17-18H2,2H3,(H,29,33)(H,35,36)/t23-/m0/s1. The van der Waals surface area contributed by atoms with E-state index < -0.39 is 17.9 Å². The SMILES string of the molecule is [CH2]c1ccccc1C(=O)N1C=CC=C(C(=O)N[C@@H](CCCN(C(C)=O)C2=CC=CC=CN2)C(=O)O)C1. The zero-order chi connectivity index (χ0) is 26.1. The number of hydrogen-bond acceptors (Lipinski definition) is 5. The maximum Gasteiger partial charge on any atom is 0.326 e. The van der Waals surface area contributed by atoms with E-state index in [1.54, 1.807) is 67.0 Å². The number of hydrogen-bond donors (Lipinski definition) is 3. The first-order chi connectivity index (χ1) is 17.3. The summed E-state index contributed by atoms with van der Waals surface area (Å²) < 4.78 is 0. The molecule has 2 heterocycles. The quantitative estimate of drug-likeness (QED) is 0.490. The second-order valence-electron chi connectivity index (χ2n) is 8.24. The van der Waals surface area contributed by atoms with Crippen LogP contribution in [0.25, 0.3) is 0 Å². The molecule has 0 aromatic heterocycles. The van der Waals surface area contributed by atoms with E-state index in [-0.39, 0.29) is 36.9 Å². The van der Waals surface area contributed by atoms with Crippen molar-refractivity contribution in [1.82, 2.24) is 20.4 Å². The van der Waals surface area contributed by atoms with Crippen LogP contribution in [0.4, 0.5) is 0 Å². The largest absolute Gasteiger partial charge is 0.480 e. The molecule has 3 rings (SSSR count). The van der Waals surface area contributed by atoms with Gasteiger partial charge in [0.05, 0.1) is 6.54 Å². The molecule has 36 heavy (non-hydrogen) atoms. The summed E-state index contributed by atoms with van der Waals surface area (Å²) in [5, 5.41) is 15.2. The van der Waals surface area contributed by atoms with E-state index in [1.807, 2.05) is 6.08 Å². The van der Waals surface area contributed by atoms with Gasteiger partial charge in [0.1, 0.15) is 11.9 Å². The average Bonchev–Trinajstić information content (AvgIpc) is 3.14. The Morgan fingerprint density at radius 2 is 1.92 bits per heavy atom. The first-order valence-electron chi connectivity index (χ1n) is 11.5. The van der Waals surface area contributed by atoms with Crippen molar-refractivity contribution < 1.29 is 24.3 Å². The lowest BCUT2D eigenvalue weighted by Gasteiger charge is -2.25. The van der Waals surface area contributed by atoms with Crippen LogP contribution in [-0.2, 0) is 14.4 Å². The van der Waals surface area contributed by atoms with Gasteiger partial charge in [0, 0.05) is 37.0 Å². The first-order valence-corrected chi connectivity index (χ1v) is 11.5. The Hall–Kier alpha value is -4.40. The summed E-state index contributed by atoms with van der Waals surface area (Å²) in [6.07, 6.45) is 14.0. The van der Waals surface area contributed by atoms with Crippen LogP contribution in [0, 0.1) is 6.92 Å². The summed E-state index contributed by atoms with van der Waals surface area (Å²) in [6.45, 7) is 5.57. The van der Waals surface area contributed by atoms with Gasteiger partial charge in [-0.1, -0.05) is 36.4 Å². The highest BCUT2D eigenvalue weighted by Gasteiger charge is 2.26. The van der Waals surface area contributed by atoms with E-state index in [1.165, 1.54) is 16.7 Å². The third-order valence-electron chi connectivity index (χ3n) is 5.66. The van der Waals surface area contributed by atoms with Crippen LogP contribution in [-0.4, -0.2) is 57.7 Å². The monoisotopic (exact) mass is 489 g/mol. The Labute approximate surface area is 210 Å². The van der Waals surface area contributed by atoms with Crippen LogP contribution in [0.1, 0.15) is 35.7 Å². The average molecular weight is 490 g/mol. The van der Waals surface area contributed by atoms with E-state index in [9.17, 15) is 24.3 Å². The number of nitrogens with one attached hydrogen (secondary N) is 2. The normalized spacial score (nSPS) is 15.2. The summed E-state index contributed by atoms with van der Waals surface area (Å²) in [4.78, 5) is 52.6. The first kappa shape index (κ1) is 26.2. The molecule has 0 unspecified atom stereocenters. The predicted molar refractivity (Wildman–Crippen MR) is 135 cm³/mol. The highest BCUT2D eigenvalue weighted by molar-refractivity contribution is 6.00. The Bertz CT molecular complexity index is 1180. The molecule has 3 amide bonds. The van der Waals surface area contributed by atoms with Gasteiger partial charge < -0.3 is 20.6 Å². The van der Waals surface area contributed by atoms with Gasteiger partial charge in [-0.25, -0.2) is 4.79 Å². The van der Waals surface area contributed by atoms with Crippen molar-refractivity contribution in [2.75, 3.05) is 13.1 Å². The van der Waals surface area contributed by atoms with E-state index >= 15 is 0 Å². The van der Waals surface area contributed by atoms with Crippen LogP contribution in [0.2, 0.25) is 0 Å². The minimum atomic E-state index is -1.18. The Morgan fingerprint density at radius 1 is 1.14 bits per heavy atom. The minimum Gasteiger partial charge on any atom is -0.480 e. The van der Waals surface area contributed by atoms with Gasteiger partial charge in [0.2, 0.25) is 11.8 Å². The third-order valence-corrected chi connectivity index (χ3v) is 5.66. The Balaban J connectivity index is 1.59. The van der Waals surface area contributed by atoms with Gasteiger partial charge in [0.15, 0.2) is 0 Å². The number of carboxylic acids is 1. The molecule has 0 saturated heterocycles. The summed E-state index contributed by atoms with van der Waals surface area (Å²) in [7, 11) is 0. The molecule has 0 bridgehead atoms. The fourth-order valence-electron chi connectivity index (χ4n) is 3.75. The second kappa shape index (κ2) is 12.3. The molecular weight excluding hydrogens is 460 g/mol. The Morgan fingerprint density at radius 3 is 2.64 bits per heavy atom. The Kier molecular flexibility index (Phi) is 8.99. The van der Waals surface area contributed by atoms with Crippen LogP contribution < -0.4 is 10.6 Å². The number of carbonyl (C=O) groups is 4. The summed E-state index contributed by atoms with van der Waals surface area (Å²) in [6, 6.07) is 5.75. The van der Waals surface area contributed by atoms with Gasteiger partial charge in [-0.2, -0.15) is 0 Å². The van der Waals surface area contributed by atoms with Crippen LogP contribution >= 0.6 is 0 Å². The van der Waals surface area contributed by atoms with Crippen molar-refractivity contribution in [1.29, 1.82) is 0 Å². The number of amides is 3. The molecular formula is C27H29N4O5. The molecule has 187 valence electrons. The number of carboxylic acid groups (broad SMARTS) is 1. The summed E-state index contributed by atoms with van der Waals surface area (Å²) in [5.74, 6) is -1.67. The van der Waals surface area contributed by atoms with Gasteiger partial charge >= 0.3 is 5.97 Å². The lowest BCUT2D eigenvalue weighted by molar-refractivity contribution is -0.141. The molecule has 3 N–H and O–H groups in total. The van der Waals surface area contributed by atoms with Crippen molar-refractivity contribution in [3.05, 3.63) is 103 Å². The van der Waals surface area contributed by atoms with Crippen LogP contribution in [0.15, 0.2) is 84.5 Å². The number of benzene rings is 1. The molecule has 9 nitrogen and oxygen atoms in total. The molecule has 0 spiro atoms. The highest BCUT2D eigenvalue weighted by Crippen LogP contribution is 2.16. The van der Waals surface area contributed by atoms with Gasteiger partial charge in [-0.15, -0.1) is 0 Å². The molecule has 0 saturated carbocycles. The molecule has 0 aliphatic carbocycles. The summed E-state index contributed by atoms with van der Waals surface area (Å²) >= 11 is 0. The number of carbonyl (C=O) groups excluding carboxylic acids is 3. The number of rotatable bonds is 9. The van der Waals surface area contributed by atoms with Gasteiger partial charge in [-0.05, 0) is 49.6 Å². The topological polar surface area (TPSA) is 119 Å². The van der Waals surface area contributed by atoms with Gasteiger partial charge in [-0.3, -0.25) is 19.3 Å². The van der Waals surface area contributed by atoms with Crippen molar-refractivity contribution in [3.8, 4) is 0 Å². The van der Waals surface area contributed by atoms with Crippen molar-refractivity contribution in [3.63, 3.8) is 0 Å². The van der Waals surface area contributed by atoms with Crippen molar-refractivity contribution in [2.24, 2.45) is 0 Å². The predicted octanol–water partition coefficient (Wildman–Crippen LogP) is 2.48. The highest BCUT2D eigenvalue weighted by atomic mass is 16.4. The maximum atomic E-state index is 12.9. The summed E-state index contributed by atoms with van der Waals surface area (Å²) in [5.41, 5.74) is 1.26. The molecule has 1 aromatic carbocycles. The number of nitrogens with zero attached hydrogens (tertiary/aromatic N) is 2. The maximum absolute atomic E-state index is 12.9. The van der Waals surface area contributed by atoms with Crippen LogP contribution in [0.3, 0.4) is 0 Å². The zero-order valence-electron chi connectivity index (χ0n) is 20.0. The lowest BCUT2D eigenvalue weighted by atomic mass is 10.1. The lowest BCUT2D eigenvalue weighted by Crippen LogP contribution is -2.44. The van der Waals surface area contributed by atoms with Gasteiger partial charge in [0.25, 0.3) is 5.91 Å². The molecule has 9 heteroatoms. The fraction of sp³-hybridized carbons (Fsp3) is 0.222. The van der Waals surface area contributed by atoms with E-state index in [2.05, 4.69) is 17.6 Å². The molecule has 1 radical (unpaired) electrons. The molecule has 1 aromatic rings. The number of allylic oxidation sites excluding steroid dienone is 6. The van der Waals surface area contributed by atoms with E-state index in [4.69, 9.17) is 0 Å². The minimum absolute atomic E-state index is 0.000807.